The van der Waals surface area contributed by atoms with Crippen molar-refractivity contribution in [1.82, 2.24) is 10.4 Å². The van der Waals surface area contributed by atoms with Crippen LogP contribution in [0.5, 0.6) is 0 Å². The molecule has 3 fully saturated rings. The summed E-state index contributed by atoms with van der Waals surface area (Å²) in [4.78, 5) is 52.9. The molecule has 1 saturated carbocycles. The lowest BCUT2D eigenvalue weighted by Crippen LogP contribution is -2.42. The van der Waals surface area contributed by atoms with E-state index in [0.29, 0.717) is 18.4 Å². The van der Waals surface area contributed by atoms with Crippen LogP contribution in [0.15, 0.2) is 18.2 Å². The van der Waals surface area contributed by atoms with Crippen LogP contribution in [0.1, 0.15) is 37.0 Å². The van der Waals surface area contributed by atoms with Crippen molar-refractivity contribution < 1.29 is 24.3 Å². The summed E-state index contributed by atoms with van der Waals surface area (Å²) in [5.41, 5.74) is 0.423. The Morgan fingerprint density at radius 2 is 1.76 bits per heavy atom. The maximum atomic E-state index is 12.8. The van der Waals surface area contributed by atoms with Crippen molar-refractivity contribution in [2.45, 2.75) is 38.3 Å². The average Bonchev–Trinajstić information content (AvgIpc) is 3.22. The number of hydroxylamine groups is 1. The number of non-ortho nitro benzene ring substituents is 2. The molecule has 11 nitrogen and oxygen atoms in total. The SMILES string of the molecule is C[C@H]1CN2C(=O)[C@@H](ONC(=O)c3cc([N+](=O)[O-])cc([N+](=O)[O-])c3)[C@H]3CC[C@@H]1[C@]32C. The molecule has 1 aromatic rings. The molecule has 2 amide bonds. The van der Waals surface area contributed by atoms with Crippen LogP contribution in [-0.4, -0.2) is 44.7 Å². The molecule has 3 aliphatic rings. The first kappa shape index (κ1) is 19.2. The second kappa shape index (κ2) is 6.48. The van der Waals surface area contributed by atoms with Crippen LogP contribution < -0.4 is 5.48 Å². The minimum atomic E-state index is -0.885. The van der Waals surface area contributed by atoms with Gasteiger partial charge in [-0.05, 0) is 31.6 Å². The van der Waals surface area contributed by atoms with E-state index in [2.05, 4.69) is 19.3 Å². The van der Waals surface area contributed by atoms with Crippen LogP contribution >= 0.6 is 0 Å². The normalized spacial score (nSPS) is 32.3. The van der Waals surface area contributed by atoms with Crippen molar-refractivity contribution >= 4 is 23.2 Å². The fourth-order valence-corrected chi connectivity index (χ4v) is 5.45. The van der Waals surface area contributed by atoms with Gasteiger partial charge in [0.05, 0.1) is 21.5 Å². The molecule has 2 heterocycles. The lowest BCUT2D eigenvalue weighted by atomic mass is 9.80. The van der Waals surface area contributed by atoms with Gasteiger partial charge in [0, 0.05) is 30.1 Å². The summed E-state index contributed by atoms with van der Waals surface area (Å²) in [5, 5.41) is 22.0. The van der Waals surface area contributed by atoms with Crippen molar-refractivity contribution in [3.05, 3.63) is 44.0 Å². The van der Waals surface area contributed by atoms with E-state index >= 15 is 0 Å². The zero-order chi connectivity index (χ0) is 21.1. The standard InChI is InChI=1S/C18H20N4O7/c1-9-8-20-17(24)15(14-4-3-13(9)18(14,20)2)29-19-16(23)10-5-11(21(25)26)7-12(6-10)22(27)28/h5-7,9,13-15H,3-4,8H2,1-2H3,(H,19,23)/t9-,13-,14+,15-,18+/m0/s1. The number of amides is 2. The van der Waals surface area contributed by atoms with Gasteiger partial charge in [-0.2, -0.15) is 0 Å². The summed E-state index contributed by atoms with van der Waals surface area (Å²) < 4.78 is 0. The monoisotopic (exact) mass is 404 g/mol. The van der Waals surface area contributed by atoms with Crippen molar-refractivity contribution in [2.75, 3.05) is 6.54 Å². The van der Waals surface area contributed by atoms with Crippen molar-refractivity contribution in [1.29, 1.82) is 0 Å². The number of nitrogens with one attached hydrogen (secondary N) is 1. The van der Waals surface area contributed by atoms with Gasteiger partial charge in [-0.1, -0.05) is 6.92 Å². The molecule has 5 atom stereocenters. The Balaban J connectivity index is 1.52. The lowest BCUT2D eigenvalue weighted by molar-refractivity contribution is -0.394. The Labute approximate surface area is 165 Å². The summed E-state index contributed by atoms with van der Waals surface area (Å²) >= 11 is 0. The molecule has 0 radical (unpaired) electrons. The molecule has 1 N–H and O–H groups in total. The second-order valence-corrected chi connectivity index (χ2v) is 8.16. The first-order chi connectivity index (χ1) is 13.6. The number of hydrogen-bond acceptors (Lipinski definition) is 7. The largest absolute Gasteiger partial charge is 0.334 e. The molecule has 4 rings (SSSR count). The highest BCUT2D eigenvalue weighted by Crippen LogP contribution is 2.58. The molecular weight excluding hydrogens is 384 g/mol. The van der Waals surface area contributed by atoms with Gasteiger partial charge >= 0.3 is 0 Å². The predicted octanol–water partition coefficient (Wildman–Crippen LogP) is 1.81. The van der Waals surface area contributed by atoms with E-state index in [0.717, 1.165) is 31.0 Å². The third-order valence-corrected chi connectivity index (χ3v) is 6.77. The number of benzene rings is 1. The van der Waals surface area contributed by atoms with E-state index in [1.54, 1.807) is 0 Å². The maximum Gasteiger partial charge on any atom is 0.277 e. The van der Waals surface area contributed by atoms with Gasteiger partial charge < -0.3 is 4.90 Å². The van der Waals surface area contributed by atoms with Crippen molar-refractivity contribution in [2.24, 2.45) is 17.8 Å². The number of carbonyl (C=O) groups is 2. The highest BCUT2D eigenvalue weighted by Gasteiger charge is 2.67. The average molecular weight is 404 g/mol. The summed E-state index contributed by atoms with van der Waals surface area (Å²) in [6.07, 6.45) is 0.947. The highest BCUT2D eigenvalue weighted by atomic mass is 16.7. The van der Waals surface area contributed by atoms with E-state index in [4.69, 9.17) is 4.84 Å². The van der Waals surface area contributed by atoms with Gasteiger partial charge in [0.2, 0.25) is 0 Å². The van der Waals surface area contributed by atoms with E-state index in [-0.39, 0.29) is 22.9 Å². The van der Waals surface area contributed by atoms with E-state index in [1.165, 1.54) is 0 Å². The molecule has 0 aromatic heterocycles. The zero-order valence-electron chi connectivity index (χ0n) is 15.9. The number of nitro groups is 2. The lowest BCUT2D eigenvalue weighted by Gasteiger charge is -2.32. The first-order valence-electron chi connectivity index (χ1n) is 9.36. The molecule has 0 spiro atoms. The van der Waals surface area contributed by atoms with E-state index < -0.39 is 33.2 Å². The summed E-state index contributed by atoms with van der Waals surface area (Å²) in [6.45, 7) is 4.85. The molecule has 2 saturated heterocycles. The Kier molecular flexibility index (Phi) is 4.30. The van der Waals surface area contributed by atoms with Crippen molar-refractivity contribution in [3.63, 3.8) is 0 Å². The maximum absolute atomic E-state index is 12.8. The van der Waals surface area contributed by atoms with Gasteiger partial charge in [-0.15, -0.1) is 0 Å². The van der Waals surface area contributed by atoms with Crippen LogP contribution in [-0.2, 0) is 9.63 Å². The van der Waals surface area contributed by atoms with Gasteiger partial charge in [-0.3, -0.25) is 34.7 Å². The topological polar surface area (TPSA) is 145 Å². The molecule has 154 valence electrons. The van der Waals surface area contributed by atoms with Crippen LogP contribution in [0.4, 0.5) is 11.4 Å². The first-order valence-corrected chi connectivity index (χ1v) is 9.36. The fourth-order valence-electron chi connectivity index (χ4n) is 5.45. The Bertz CT molecular complexity index is 903. The molecular formula is C18H20N4O7. The molecule has 0 unspecified atom stereocenters. The minimum Gasteiger partial charge on any atom is -0.334 e. The van der Waals surface area contributed by atoms with Crippen LogP contribution in [0, 0.1) is 38.0 Å². The number of rotatable bonds is 5. The van der Waals surface area contributed by atoms with Crippen LogP contribution in [0.2, 0.25) is 0 Å². The number of hydrogen-bond donors (Lipinski definition) is 1. The predicted molar refractivity (Wildman–Crippen MR) is 97.6 cm³/mol. The molecule has 1 aliphatic carbocycles. The zero-order valence-corrected chi connectivity index (χ0v) is 15.9. The molecule has 11 heteroatoms. The number of nitro benzene ring substituents is 2. The smallest absolute Gasteiger partial charge is 0.277 e. The van der Waals surface area contributed by atoms with E-state index in [9.17, 15) is 29.8 Å². The second-order valence-electron chi connectivity index (χ2n) is 8.16. The van der Waals surface area contributed by atoms with Gasteiger partial charge in [0.25, 0.3) is 23.2 Å². The number of nitrogens with zero attached hydrogens (tertiary/aromatic N) is 3. The van der Waals surface area contributed by atoms with Crippen LogP contribution in [0.25, 0.3) is 0 Å². The van der Waals surface area contributed by atoms with E-state index in [1.807, 2.05) is 4.90 Å². The quantitative estimate of drug-likeness (QED) is 0.582. The van der Waals surface area contributed by atoms with Gasteiger partial charge in [0.1, 0.15) is 0 Å². The Morgan fingerprint density at radius 3 is 2.34 bits per heavy atom. The summed E-state index contributed by atoms with van der Waals surface area (Å²) in [5.74, 6) is -0.332. The Hall–Kier alpha value is -3.08. The third kappa shape index (κ3) is 2.76. The summed E-state index contributed by atoms with van der Waals surface area (Å²) in [7, 11) is 0. The fraction of sp³-hybridized carbons (Fsp3) is 0.556. The molecule has 1 aromatic carbocycles. The van der Waals surface area contributed by atoms with Gasteiger partial charge in [-0.25, -0.2) is 5.48 Å². The molecule has 2 aliphatic heterocycles. The summed E-state index contributed by atoms with van der Waals surface area (Å²) in [6, 6.07) is 2.62. The Morgan fingerprint density at radius 1 is 1.17 bits per heavy atom. The third-order valence-electron chi connectivity index (χ3n) is 6.77. The minimum absolute atomic E-state index is 0.0651. The molecule has 29 heavy (non-hydrogen) atoms. The molecule has 0 bridgehead atoms. The van der Waals surface area contributed by atoms with Crippen molar-refractivity contribution in [3.8, 4) is 0 Å². The van der Waals surface area contributed by atoms with Gasteiger partial charge in [0.15, 0.2) is 6.10 Å². The van der Waals surface area contributed by atoms with Crippen LogP contribution in [0.3, 0.4) is 0 Å². The highest BCUT2D eigenvalue weighted by molar-refractivity contribution is 5.95. The number of carbonyl (C=O) groups excluding carboxylic acids is 2.